The van der Waals surface area contributed by atoms with Gasteiger partial charge in [0.05, 0.1) is 17.6 Å². The maximum absolute atomic E-state index is 15.3. The van der Waals surface area contributed by atoms with Gasteiger partial charge in [0.2, 0.25) is 5.91 Å². The van der Waals surface area contributed by atoms with E-state index in [9.17, 15) is 9.59 Å². The van der Waals surface area contributed by atoms with Gasteiger partial charge in [0.15, 0.2) is 0 Å². The smallest absolute Gasteiger partial charge is 0.254 e. The maximum Gasteiger partial charge on any atom is 0.254 e. The summed E-state index contributed by atoms with van der Waals surface area (Å²) in [5, 5.41) is 14.9. The summed E-state index contributed by atoms with van der Waals surface area (Å²) in [4.78, 5) is 26.0. The number of primary amides is 1. The van der Waals surface area contributed by atoms with Gasteiger partial charge in [-0.25, -0.2) is 4.39 Å². The number of piperidine rings is 1. The van der Waals surface area contributed by atoms with Gasteiger partial charge < -0.3 is 30.9 Å². The van der Waals surface area contributed by atoms with E-state index in [1.54, 1.807) is 6.08 Å². The second-order valence-electron chi connectivity index (χ2n) is 10.4. The van der Waals surface area contributed by atoms with E-state index < -0.39 is 17.0 Å². The summed E-state index contributed by atoms with van der Waals surface area (Å²) in [5.41, 5.74) is 5.62. The number of hydrogen-bond acceptors (Lipinski definition) is 6. The van der Waals surface area contributed by atoms with Gasteiger partial charge in [-0.05, 0) is 75.3 Å². The first kappa shape index (κ1) is 27.1. The van der Waals surface area contributed by atoms with Crippen molar-refractivity contribution in [2.24, 2.45) is 11.1 Å². The average Bonchev–Trinajstić information content (AvgIpc) is 3.22. The number of nitrogens with two attached hydrogens (primary N) is 1. The molecule has 4 rings (SSSR count). The van der Waals surface area contributed by atoms with Crippen molar-refractivity contribution in [3.8, 4) is 5.75 Å². The van der Waals surface area contributed by atoms with Crippen molar-refractivity contribution in [3.05, 3.63) is 52.8 Å². The second-order valence-corrected chi connectivity index (χ2v) is 10.4. The summed E-state index contributed by atoms with van der Waals surface area (Å²) in [6, 6.07) is 7.53. The van der Waals surface area contributed by atoms with Gasteiger partial charge in [0.1, 0.15) is 29.9 Å². The van der Waals surface area contributed by atoms with Crippen LogP contribution in [0.3, 0.4) is 0 Å². The van der Waals surface area contributed by atoms with Gasteiger partial charge in [-0.15, -0.1) is 0 Å². The molecule has 0 saturated carbocycles. The molecule has 3 unspecified atom stereocenters. The lowest BCUT2D eigenvalue weighted by molar-refractivity contribution is -0.125. The number of benzene rings is 1. The Labute approximate surface area is 217 Å². The molecular weight excluding hydrogens is 477 g/mol. The number of ether oxygens (including phenoxy) is 2. The van der Waals surface area contributed by atoms with E-state index >= 15 is 4.39 Å². The molecule has 1 aromatic carbocycles. The molecule has 9 heteroatoms. The minimum Gasteiger partial charge on any atom is -0.491 e. The van der Waals surface area contributed by atoms with Crippen molar-refractivity contribution in [2.75, 3.05) is 33.4 Å². The van der Waals surface area contributed by atoms with Crippen LogP contribution in [-0.4, -0.2) is 62.0 Å². The molecule has 1 aliphatic carbocycles. The van der Waals surface area contributed by atoms with Gasteiger partial charge in [-0.2, -0.15) is 0 Å². The highest BCUT2D eigenvalue weighted by Gasteiger charge is 2.48. The van der Waals surface area contributed by atoms with E-state index in [1.165, 1.54) is 7.05 Å². The molecule has 2 amide bonds. The normalized spacial score (nSPS) is 29.2. The number of aliphatic hydroxyl groups is 1. The van der Waals surface area contributed by atoms with E-state index in [0.29, 0.717) is 55.7 Å². The van der Waals surface area contributed by atoms with Crippen molar-refractivity contribution < 1.29 is 28.6 Å². The topological polar surface area (TPSA) is 123 Å². The minimum absolute atomic E-state index is 0.0971. The van der Waals surface area contributed by atoms with Crippen LogP contribution in [0.1, 0.15) is 56.9 Å². The molecule has 1 saturated heterocycles. The molecule has 2 aliphatic heterocycles. The van der Waals surface area contributed by atoms with E-state index in [-0.39, 0.29) is 31.1 Å². The van der Waals surface area contributed by atoms with Crippen molar-refractivity contribution in [1.29, 1.82) is 0 Å². The van der Waals surface area contributed by atoms with E-state index in [1.807, 2.05) is 31.2 Å². The number of rotatable bonds is 10. The van der Waals surface area contributed by atoms with Crippen LogP contribution >= 0.6 is 0 Å². The van der Waals surface area contributed by atoms with Crippen LogP contribution in [0.5, 0.6) is 5.75 Å². The lowest BCUT2D eigenvalue weighted by atomic mass is 9.68. The molecule has 37 heavy (non-hydrogen) atoms. The van der Waals surface area contributed by atoms with Crippen molar-refractivity contribution >= 4 is 11.8 Å². The summed E-state index contributed by atoms with van der Waals surface area (Å²) < 4.78 is 27.1. The zero-order valence-electron chi connectivity index (χ0n) is 21.6. The Balaban J connectivity index is 1.66. The number of carbonyl (C=O) groups excluding carboxylic acids is 2. The molecule has 0 spiro atoms. The number of likely N-dealkylation sites (N-methyl/N-ethyl adjacent to an activating group) is 1. The Morgan fingerprint density at radius 3 is 2.84 bits per heavy atom. The van der Waals surface area contributed by atoms with Crippen molar-refractivity contribution in [2.45, 2.75) is 63.1 Å². The minimum atomic E-state index is -1.30. The predicted molar refractivity (Wildman–Crippen MR) is 138 cm³/mol. The summed E-state index contributed by atoms with van der Waals surface area (Å²) in [6.07, 6.45) is 4.06. The summed E-state index contributed by atoms with van der Waals surface area (Å²) in [6.45, 7) is 3.14. The SMILES string of the molecule is CNC(=O)C1=CC(CCC[C@@]2(F)CCCNC2)(C(N)=O)CC2=C1OC(C)C2c1cccc(OCCO)c1. The quantitative estimate of drug-likeness (QED) is 0.380. The molecule has 0 bridgehead atoms. The summed E-state index contributed by atoms with van der Waals surface area (Å²) >= 11 is 0. The Morgan fingerprint density at radius 1 is 1.35 bits per heavy atom. The van der Waals surface area contributed by atoms with Crippen LogP contribution in [-0.2, 0) is 14.3 Å². The van der Waals surface area contributed by atoms with Crippen LogP contribution in [0.4, 0.5) is 4.39 Å². The zero-order valence-corrected chi connectivity index (χ0v) is 21.6. The lowest BCUT2D eigenvalue weighted by Gasteiger charge is -2.35. The standard InChI is InChI=1S/C28H38FN3O5/c1-18-23(19-6-3-7-20(14-19)36-13-12-33)21-15-27(26(30)35,16-22(24(21)37-18)25(34)31-2)8-4-9-28(29)10-5-11-32-17-28/h3,6-7,14,16,18,23,32-33H,4-5,8-13,15,17H2,1-2H3,(H2,30,35)(H,31,34)/t18?,23?,27?,28-/m1/s1. The number of nitrogens with one attached hydrogen (secondary N) is 2. The monoisotopic (exact) mass is 515 g/mol. The van der Waals surface area contributed by atoms with Crippen LogP contribution in [0.2, 0.25) is 0 Å². The van der Waals surface area contributed by atoms with Crippen LogP contribution in [0.25, 0.3) is 0 Å². The van der Waals surface area contributed by atoms with Crippen molar-refractivity contribution in [1.82, 2.24) is 10.6 Å². The number of hydrogen-bond donors (Lipinski definition) is 4. The Bertz CT molecular complexity index is 1080. The number of amides is 2. The molecular formula is C28H38FN3O5. The highest BCUT2D eigenvalue weighted by atomic mass is 19.1. The molecule has 202 valence electrons. The van der Waals surface area contributed by atoms with Gasteiger partial charge >= 0.3 is 0 Å². The van der Waals surface area contributed by atoms with Crippen molar-refractivity contribution in [3.63, 3.8) is 0 Å². The average molecular weight is 516 g/mol. The van der Waals surface area contributed by atoms with Crippen LogP contribution in [0, 0.1) is 5.41 Å². The third-order valence-corrected chi connectivity index (χ3v) is 7.82. The van der Waals surface area contributed by atoms with E-state index in [0.717, 1.165) is 24.1 Å². The third kappa shape index (κ3) is 5.67. The van der Waals surface area contributed by atoms with E-state index in [2.05, 4.69) is 10.6 Å². The van der Waals surface area contributed by atoms with Gasteiger partial charge in [-0.3, -0.25) is 9.59 Å². The number of alkyl halides is 1. The van der Waals surface area contributed by atoms with Crippen LogP contribution in [0.15, 0.2) is 47.2 Å². The summed E-state index contributed by atoms with van der Waals surface area (Å²) in [7, 11) is 1.53. The molecule has 8 nitrogen and oxygen atoms in total. The zero-order chi connectivity index (χ0) is 26.6. The number of aliphatic hydroxyl groups excluding tert-OH is 1. The largest absolute Gasteiger partial charge is 0.491 e. The third-order valence-electron chi connectivity index (χ3n) is 7.82. The van der Waals surface area contributed by atoms with Gasteiger partial charge in [0, 0.05) is 19.5 Å². The molecule has 4 atom stereocenters. The highest BCUT2D eigenvalue weighted by Crippen LogP contribution is 2.52. The molecule has 0 aromatic heterocycles. The molecule has 0 radical (unpaired) electrons. The first-order valence-electron chi connectivity index (χ1n) is 13.1. The lowest BCUT2D eigenvalue weighted by Crippen LogP contribution is -2.43. The Hall–Kier alpha value is -2.91. The molecule has 2 heterocycles. The molecule has 1 fully saturated rings. The first-order chi connectivity index (χ1) is 17.7. The molecule has 5 N–H and O–H groups in total. The van der Waals surface area contributed by atoms with E-state index in [4.69, 9.17) is 20.3 Å². The summed E-state index contributed by atoms with van der Waals surface area (Å²) in [5.74, 6) is -0.0255. The Kier molecular flexibility index (Phi) is 8.23. The maximum atomic E-state index is 15.3. The molecule has 3 aliphatic rings. The molecule has 1 aromatic rings. The first-order valence-corrected chi connectivity index (χ1v) is 13.1. The van der Waals surface area contributed by atoms with Gasteiger partial charge in [-0.1, -0.05) is 18.2 Å². The fourth-order valence-corrected chi connectivity index (χ4v) is 5.96. The highest BCUT2D eigenvalue weighted by molar-refractivity contribution is 6.00. The Morgan fingerprint density at radius 2 is 2.16 bits per heavy atom. The fourth-order valence-electron chi connectivity index (χ4n) is 5.96. The number of halogens is 1. The van der Waals surface area contributed by atoms with Gasteiger partial charge in [0.25, 0.3) is 5.91 Å². The number of carbonyl (C=O) groups is 2. The predicted octanol–water partition coefficient (Wildman–Crippen LogP) is 2.62. The second kappa shape index (κ2) is 11.2. The van der Waals surface area contributed by atoms with Crippen LogP contribution < -0.4 is 21.1 Å². The fraction of sp³-hybridized carbons (Fsp3) is 0.571.